The molecule has 0 bridgehead atoms. The Morgan fingerprint density at radius 1 is 1.29 bits per heavy atom. The molecule has 0 radical (unpaired) electrons. The van der Waals surface area contributed by atoms with Gasteiger partial charge in [-0.3, -0.25) is 9.69 Å². The van der Waals surface area contributed by atoms with E-state index in [0.717, 1.165) is 31.7 Å². The number of nitrogens with zero attached hydrogens (tertiary/aromatic N) is 1. The molecule has 0 unspecified atom stereocenters. The lowest BCUT2D eigenvalue weighted by atomic mass is 9.84. The Balaban J connectivity index is 1.86. The summed E-state index contributed by atoms with van der Waals surface area (Å²) in [5.41, 5.74) is 0.243. The molecular weight excluding hydrogens is 276 g/mol. The number of rotatable bonds is 3. The first kappa shape index (κ1) is 14.4. The molecule has 0 aromatic heterocycles. The largest absolute Gasteiger partial charge is 0.480 e. The van der Waals surface area contributed by atoms with Crippen LogP contribution >= 0.6 is 0 Å². The van der Waals surface area contributed by atoms with Crippen LogP contribution in [0.5, 0.6) is 0 Å². The number of aliphatic carboxylic acids is 1. The van der Waals surface area contributed by atoms with E-state index in [1.807, 2.05) is 4.90 Å². The summed E-state index contributed by atoms with van der Waals surface area (Å²) in [6.07, 6.45) is 4.82. The quantitative estimate of drug-likeness (QED) is 0.931. The van der Waals surface area contributed by atoms with Crippen LogP contribution in [0.4, 0.5) is 8.78 Å². The zero-order chi connectivity index (χ0) is 15.0. The van der Waals surface area contributed by atoms with Crippen LogP contribution in [0.15, 0.2) is 18.2 Å². The summed E-state index contributed by atoms with van der Waals surface area (Å²) in [6.45, 7) is 0.168. The number of likely N-dealkylation sites (tertiary alicyclic amines) is 1. The molecule has 5 heteroatoms. The van der Waals surface area contributed by atoms with Crippen LogP contribution in [-0.2, 0) is 11.3 Å². The third kappa shape index (κ3) is 2.67. The Hall–Kier alpha value is -1.49. The molecule has 3 atom stereocenters. The molecule has 0 amide bonds. The Morgan fingerprint density at radius 3 is 2.81 bits per heavy atom. The summed E-state index contributed by atoms with van der Waals surface area (Å²) < 4.78 is 27.2. The highest BCUT2D eigenvalue weighted by molar-refractivity contribution is 5.74. The minimum Gasteiger partial charge on any atom is -0.480 e. The van der Waals surface area contributed by atoms with Gasteiger partial charge >= 0.3 is 5.97 Å². The van der Waals surface area contributed by atoms with Crippen molar-refractivity contribution in [1.82, 2.24) is 4.90 Å². The van der Waals surface area contributed by atoms with Crippen molar-refractivity contribution in [3.05, 3.63) is 35.4 Å². The molecule has 1 aromatic carbocycles. The summed E-state index contributed by atoms with van der Waals surface area (Å²) in [4.78, 5) is 13.4. The molecule has 1 heterocycles. The molecule has 3 nitrogen and oxygen atoms in total. The van der Waals surface area contributed by atoms with E-state index >= 15 is 0 Å². The first-order valence-electron chi connectivity index (χ1n) is 7.49. The lowest BCUT2D eigenvalue weighted by Crippen LogP contribution is -2.41. The molecule has 1 saturated carbocycles. The Kier molecular flexibility index (Phi) is 3.93. The fourth-order valence-electron chi connectivity index (χ4n) is 3.89. The van der Waals surface area contributed by atoms with Crippen LogP contribution in [0.3, 0.4) is 0 Å². The lowest BCUT2D eigenvalue weighted by molar-refractivity contribution is -0.142. The maximum atomic E-state index is 13.9. The van der Waals surface area contributed by atoms with E-state index in [0.29, 0.717) is 12.3 Å². The maximum absolute atomic E-state index is 13.9. The summed E-state index contributed by atoms with van der Waals surface area (Å²) in [5.74, 6) is -2.22. The molecule has 0 spiro atoms. The second kappa shape index (κ2) is 5.72. The number of fused-ring (bicyclic) bond motifs is 1. The van der Waals surface area contributed by atoms with Crippen molar-refractivity contribution < 1.29 is 18.7 Å². The normalized spacial score (nSPS) is 29.3. The number of hydrogen-bond acceptors (Lipinski definition) is 2. The van der Waals surface area contributed by atoms with Crippen molar-refractivity contribution in [2.24, 2.45) is 5.92 Å². The predicted octanol–water partition coefficient (Wildman–Crippen LogP) is 3.18. The highest BCUT2D eigenvalue weighted by Gasteiger charge is 2.45. The molecule has 114 valence electrons. The number of hydrogen-bond donors (Lipinski definition) is 1. The third-order valence-electron chi connectivity index (χ3n) is 4.89. The second-order valence-electron chi connectivity index (χ2n) is 6.09. The van der Waals surface area contributed by atoms with Gasteiger partial charge in [0.05, 0.1) is 0 Å². The van der Waals surface area contributed by atoms with Crippen molar-refractivity contribution in [1.29, 1.82) is 0 Å². The average molecular weight is 295 g/mol. The van der Waals surface area contributed by atoms with Gasteiger partial charge in [-0.15, -0.1) is 0 Å². The van der Waals surface area contributed by atoms with Crippen molar-refractivity contribution in [3.63, 3.8) is 0 Å². The van der Waals surface area contributed by atoms with Crippen molar-refractivity contribution in [2.45, 2.75) is 50.7 Å². The number of carboxylic acid groups (broad SMARTS) is 1. The zero-order valence-corrected chi connectivity index (χ0v) is 11.8. The van der Waals surface area contributed by atoms with Crippen LogP contribution in [0.1, 0.15) is 37.7 Å². The molecule has 1 N–H and O–H groups in total. The molecule has 1 aromatic rings. The summed E-state index contributed by atoms with van der Waals surface area (Å²) in [6, 6.07) is 3.69. The first-order valence-corrected chi connectivity index (χ1v) is 7.49. The van der Waals surface area contributed by atoms with Crippen molar-refractivity contribution in [3.8, 4) is 0 Å². The van der Waals surface area contributed by atoms with E-state index in [4.69, 9.17) is 0 Å². The van der Waals surface area contributed by atoms with Gasteiger partial charge in [0.1, 0.15) is 6.04 Å². The van der Waals surface area contributed by atoms with E-state index in [1.54, 1.807) is 0 Å². The van der Waals surface area contributed by atoms with E-state index in [1.165, 1.54) is 12.1 Å². The number of carboxylic acids is 1. The van der Waals surface area contributed by atoms with Gasteiger partial charge in [-0.1, -0.05) is 25.0 Å². The van der Waals surface area contributed by atoms with Crippen LogP contribution in [0.2, 0.25) is 0 Å². The number of benzene rings is 1. The Labute approximate surface area is 122 Å². The topological polar surface area (TPSA) is 40.5 Å². The zero-order valence-electron chi connectivity index (χ0n) is 11.8. The minimum atomic E-state index is -0.876. The average Bonchev–Trinajstić information content (AvgIpc) is 2.83. The smallest absolute Gasteiger partial charge is 0.320 e. The monoisotopic (exact) mass is 295 g/mol. The maximum Gasteiger partial charge on any atom is 0.320 e. The summed E-state index contributed by atoms with van der Waals surface area (Å²) in [7, 11) is 0. The van der Waals surface area contributed by atoms with Crippen LogP contribution in [0, 0.1) is 17.6 Å². The van der Waals surface area contributed by atoms with Crippen molar-refractivity contribution in [2.75, 3.05) is 0 Å². The lowest BCUT2D eigenvalue weighted by Gasteiger charge is -2.33. The molecule has 1 aliphatic carbocycles. The highest BCUT2D eigenvalue weighted by Crippen LogP contribution is 2.40. The molecule has 1 saturated heterocycles. The van der Waals surface area contributed by atoms with Gasteiger partial charge in [0.15, 0.2) is 11.6 Å². The van der Waals surface area contributed by atoms with E-state index < -0.39 is 23.6 Å². The Bertz CT molecular complexity index is 549. The van der Waals surface area contributed by atoms with Crippen molar-refractivity contribution >= 4 is 5.97 Å². The Morgan fingerprint density at radius 2 is 2.05 bits per heavy atom. The van der Waals surface area contributed by atoms with Gasteiger partial charge in [0.25, 0.3) is 0 Å². The van der Waals surface area contributed by atoms with Crippen LogP contribution in [0.25, 0.3) is 0 Å². The van der Waals surface area contributed by atoms with Gasteiger partial charge in [-0.25, -0.2) is 8.78 Å². The van der Waals surface area contributed by atoms with E-state index in [-0.39, 0.29) is 18.2 Å². The molecule has 2 fully saturated rings. The van der Waals surface area contributed by atoms with Crippen LogP contribution < -0.4 is 0 Å². The molecule has 21 heavy (non-hydrogen) atoms. The minimum absolute atomic E-state index is 0.168. The van der Waals surface area contributed by atoms with E-state index in [9.17, 15) is 18.7 Å². The van der Waals surface area contributed by atoms with Gasteiger partial charge in [-0.2, -0.15) is 0 Å². The molecule has 3 rings (SSSR count). The van der Waals surface area contributed by atoms with E-state index in [2.05, 4.69) is 0 Å². The fourth-order valence-corrected chi connectivity index (χ4v) is 3.89. The first-order chi connectivity index (χ1) is 10.1. The third-order valence-corrected chi connectivity index (χ3v) is 4.89. The molecule has 2 aliphatic rings. The predicted molar refractivity (Wildman–Crippen MR) is 73.7 cm³/mol. The summed E-state index contributed by atoms with van der Waals surface area (Å²) in [5, 5.41) is 9.42. The SMILES string of the molecule is O=C(O)[C@@H]1C[C@H]2CCCC[C@@H]2N1Cc1cccc(F)c1F. The van der Waals surface area contributed by atoms with Gasteiger partial charge in [-0.05, 0) is 31.2 Å². The summed E-state index contributed by atoms with van der Waals surface area (Å²) >= 11 is 0. The second-order valence-corrected chi connectivity index (χ2v) is 6.09. The fraction of sp³-hybridized carbons (Fsp3) is 0.562. The molecular formula is C16H19F2NO2. The van der Waals surface area contributed by atoms with Gasteiger partial charge in [0, 0.05) is 18.2 Å². The van der Waals surface area contributed by atoms with Crippen LogP contribution in [-0.4, -0.2) is 28.1 Å². The van der Waals surface area contributed by atoms with Gasteiger partial charge < -0.3 is 5.11 Å². The number of halogens is 2. The standard InChI is InChI=1S/C16H19F2NO2/c17-12-6-3-5-11(15(12)18)9-19-13-7-2-1-4-10(13)8-14(19)16(20)21/h3,5-6,10,13-14H,1-2,4,7-9H2,(H,20,21)/t10-,13+,14+/m1/s1. The highest BCUT2D eigenvalue weighted by atomic mass is 19.2. The number of carbonyl (C=O) groups is 1. The molecule has 1 aliphatic heterocycles. The van der Waals surface area contributed by atoms with Gasteiger partial charge in [0.2, 0.25) is 0 Å².